The van der Waals surface area contributed by atoms with Gasteiger partial charge in [-0.05, 0) is 65.0 Å². The number of halogens is 1. The van der Waals surface area contributed by atoms with Crippen molar-refractivity contribution in [3.05, 3.63) is 27.3 Å². The van der Waals surface area contributed by atoms with E-state index in [1.54, 1.807) is 6.07 Å². The Labute approximate surface area is 120 Å². The Bertz CT molecular complexity index is 517. The van der Waals surface area contributed by atoms with Gasteiger partial charge in [0.2, 0.25) is 0 Å². The Kier molecular flexibility index (Phi) is 2.80. The van der Waals surface area contributed by atoms with E-state index in [0.29, 0.717) is 11.0 Å². The molecule has 96 valence electrons. The molecule has 1 saturated carbocycles. The Balaban J connectivity index is 1.91. The highest BCUT2D eigenvalue weighted by Gasteiger charge is 2.52. The number of carboxylic acids is 1. The lowest BCUT2D eigenvalue weighted by atomic mass is 9.97. The molecule has 0 radical (unpaired) electrons. The predicted molar refractivity (Wildman–Crippen MR) is 79.2 cm³/mol. The fourth-order valence-electron chi connectivity index (χ4n) is 3.01. The molecule has 0 amide bonds. The van der Waals surface area contributed by atoms with Gasteiger partial charge in [0.15, 0.2) is 0 Å². The minimum atomic E-state index is -0.828. The molecule has 2 fully saturated rings. The van der Waals surface area contributed by atoms with Crippen LogP contribution in [0.2, 0.25) is 0 Å². The zero-order valence-corrected chi connectivity index (χ0v) is 12.5. The fraction of sp³-hybridized carbons (Fsp3) is 0.500. The number of aromatic carboxylic acids is 1. The lowest BCUT2D eigenvalue weighted by Gasteiger charge is -2.32. The number of piperidine rings is 1. The summed E-state index contributed by atoms with van der Waals surface area (Å²) < 4.78 is 1.09. The molecule has 3 nitrogen and oxygen atoms in total. The third-order valence-electron chi connectivity index (χ3n) is 4.46. The third kappa shape index (κ3) is 2.00. The SMILES string of the molecule is CC12CCN(c3cc(I)ccc3C(=O)O)CC1C2. The molecule has 1 N–H and O–H groups in total. The van der Waals surface area contributed by atoms with E-state index in [4.69, 9.17) is 0 Å². The van der Waals surface area contributed by atoms with Gasteiger partial charge in [0.05, 0.1) is 11.3 Å². The first kappa shape index (κ1) is 12.3. The molecule has 4 heteroatoms. The van der Waals surface area contributed by atoms with Crippen LogP contribution in [-0.4, -0.2) is 24.2 Å². The summed E-state index contributed by atoms with van der Waals surface area (Å²) in [6, 6.07) is 5.58. The van der Waals surface area contributed by atoms with Crippen molar-refractivity contribution in [3.63, 3.8) is 0 Å². The van der Waals surface area contributed by atoms with E-state index in [0.717, 1.165) is 28.3 Å². The molecule has 1 heterocycles. The molecular weight excluding hydrogens is 341 g/mol. The fourth-order valence-corrected chi connectivity index (χ4v) is 3.48. The quantitative estimate of drug-likeness (QED) is 0.827. The summed E-state index contributed by atoms with van der Waals surface area (Å²) in [4.78, 5) is 13.6. The Hall–Kier alpha value is -0.780. The van der Waals surface area contributed by atoms with Crippen molar-refractivity contribution in [2.24, 2.45) is 11.3 Å². The maximum atomic E-state index is 11.3. The molecule has 1 aromatic rings. The molecule has 0 aromatic heterocycles. The van der Waals surface area contributed by atoms with E-state index in [9.17, 15) is 9.90 Å². The molecule has 2 unspecified atom stereocenters. The van der Waals surface area contributed by atoms with Crippen LogP contribution in [0.4, 0.5) is 5.69 Å². The molecule has 1 aliphatic heterocycles. The van der Waals surface area contributed by atoms with E-state index in [-0.39, 0.29) is 0 Å². The van der Waals surface area contributed by atoms with Gasteiger partial charge >= 0.3 is 5.97 Å². The van der Waals surface area contributed by atoms with E-state index < -0.39 is 5.97 Å². The van der Waals surface area contributed by atoms with Crippen LogP contribution in [0.5, 0.6) is 0 Å². The number of benzene rings is 1. The minimum absolute atomic E-state index is 0.430. The highest BCUT2D eigenvalue weighted by atomic mass is 127. The normalized spacial score (nSPS) is 29.9. The largest absolute Gasteiger partial charge is 0.478 e. The van der Waals surface area contributed by atoms with Crippen LogP contribution in [0.25, 0.3) is 0 Å². The molecular formula is C14H16INO2. The molecule has 0 bridgehead atoms. The first-order valence-electron chi connectivity index (χ1n) is 6.27. The maximum Gasteiger partial charge on any atom is 0.337 e. The number of anilines is 1. The van der Waals surface area contributed by atoms with Gasteiger partial charge in [-0.1, -0.05) is 6.92 Å². The smallest absolute Gasteiger partial charge is 0.337 e. The summed E-state index contributed by atoms with van der Waals surface area (Å²) in [6.45, 7) is 4.34. The van der Waals surface area contributed by atoms with Gasteiger partial charge in [0.1, 0.15) is 0 Å². The molecule has 0 spiro atoms. The highest BCUT2D eigenvalue weighted by molar-refractivity contribution is 14.1. The van der Waals surface area contributed by atoms with Gasteiger partial charge in [-0.25, -0.2) is 4.79 Å². The number of carbonyl (C=O) groups is 1. The topological polar surface area (TPSA) is 40.5 Å². The summed E-state index contributed by atoms with van der Waals surface area (Å²) >= 11 is 2.24. The Morgan fingerprint density at radius 1 is 1.56 bits per heavy atom. The van der Waals surface area contributed by atoms with Crippen LogP contribution in [0.3, 0.4) is 0 Å². The highest BCUT2D eigenvalue weighted by Crippen LogP contribution is 2.57. The van der Waals surface area contributed by atoms with E-state index >= 15 is 0 Å². The average molecular weight is 357 g/mol. The van der Waals surface area contributed by atoms with Crippen molar-refractivity contribution in [2.75, 3.05) is 18.0 Å². The minimum Gasteiger partial charge on any atom is -0.478 e. The molecule has 3 rings (SSSR count). The molecule has 2 atom stereocenters. The second-order valence-corrected chi connectivity index (χ2v) is 6.96. The van der Waals surface area contributed by atoms with Crippen molar-refractivity contribution in [3.8, 4) is 0 Å². The average Bonchev–Trinajstić information content (AvgIpc) is 2.99. The maximum absolute atomic E-state index is 11.3. The monoisotopic (exact) mass is 357 g/mol. The zero-order chi connectivity index (χ0) is 12.9. The van der Waals surface area contributed by atoms with Crippen LogP contribution < -0.4 is 4.90 Å². The summed E-state index contributed by atoms with van der Waals surface area (Å²) in [5, 5.41) is 9.29. The van der Waals surface area contributed by atoms with Crippen molar-refractivity contribution < 1.29 is 9.90 Å². The second kappa shape index (κ2) is 4.11. The second-order valence-electron chi connectivity index (χ2n) is 5.72. The first-order chi connectivity index (χ1) is 8.49. The predicted octanol–water partition coefficient (Wildman–Crippen LogP) is 3.23. The number of carboxylic acid groups (broad SMARTS) is 1. The van der Waals surface area contributed by atoms with Gasteiger partial charge in [-0.2, -0.15) is 0 Å². The lowest BCUT2D eigenvalue weighted by Crippen LogP contribution is -2.35. The summed E-state index contributed by atoms with van der Waals surface area (Å²) in [5.74, 6) is -0.0729. The number of fused-ring (bicyclic) bond motifs is 1. The number of rotatable bonds is 2. The number of nitrogens with zero attached hydrogens (tertiary/aromatic N) is 1. The number of hydrogen-bond acceptors (Lipinski definition) is 2. The zero-order valence-electron chi connectivity index (χ0n) is 10.3. The summed E-state index contributed by atoms with van der Waals surface area (Å²) in [6.07, 6.45) is 2.48. The summed E-state index contributed by atoms with van der Waals surface area (Å²) in [5.41, 5.74) is 1.87. The van der Waals surface area contributed by atoms with Crippen LogP contribution in [0.15, 0.2) is 18.2 Å². The molecule has 1 aliphatic carbocycles. The van der Waals surface area contributed by atoms with Crippen molar-refractivity contribution in [2.45, 2.75) is 19.8 Å². The van der Waals surface area contributed by atoms with E-state index in [1.807, 2.05) is 12.1 Å². The van der Waals surface area contributed by atoms with Crippen LogP contribution >= 0.6 is 22.6 Å². The van der Waals surface area contributed by atoms with Crippen molar-refractivity contribution in [1.82, 2.24) is 0 Å². The molecule has 1 saturated heterocycles. The summed E-state index contributed by atoms with van der Waals surface area (Å²) in [7, 11) is 0. The van der Waals surface area contributed by atoms with Crippen LogP contribution in [-0.2, 0) is 0 Å². The Morgan fingerprint density at radius 2 is 2.33 bits per heavy atom. The molecule has 1 aromatic carbocycles. The van der Waals surface area contributed by atoms with Gasteiger partial charge in [0.25, 0.3) is 0 Å². The van der Waals surface area contributed by atoms with Crippen LogP contribution in [0.1, 0.15) is 30.1 Å². The lowest BCUT2D eigenvalue weighted by molar-refractivity contribution is 0.0697. The van der Waals surface area contributed by atoms with Crippen molar-refractivity contribution in [1.29, 1.82) is 0 Å². The number of hydrogen-bond donors (Lipinski definition) is 1. The standard InChI is InChI=1S/C14H16INO2/c1-14-4-5-16(8-9(14)7-14)12-6-10(15)2-3-11(12)13(17)18/h2-3,6,9H,4-5,7-8H2,1H3,(H,17,18). The first-order valence-corrected chi connectivity index (χ1v) is 7.35. The van der Waals surface area contributed by atoms with E-state index in [2.05, 4.69) is 34.4 Å². The van der Waals surface area contributed by atoms with Crippen molar-refractivity contribution >= 4 is 34.2 Å². The van der Waals surface area contributed by atoms with Gasteiger partial charge in [-0.15, -0.1) is 0 Å². The van der Waals surface area contributed by atoms with Gasteiger partial charge < -0.3 is 10.0 Å². The third-order valence-corrected chi connectivity index (χ3v) is 5.13. The van der Waals surface area contributed by atoms with Gasteiger partial charge in [-0.3, -0.25) is 0 Å². The molecule has 18 heavy (non-hydrogen) atoms. The Morgan fingerprint density at radius 3 is 3.00 bits per heavy atom. The van der Waals surface area contributed by atoms with Crippen LogP contribution in [0, 0.1) is 14.9 Å². The van der Waals surface area contributed by atoms with E-state index in [1.165, 1.54) is 12.8 Å². The molecule has 2 aliphatic rings. The van der Waals surface area contributed by atoms with Gasteiger partial charge in [0, 0.05) is 16.7 Å².